The molecular weight excluding hydrogens is 425 g/mol. The lowest BCUT2D eigenvalue weighted by Gasteiger charge is -2.26. The molecule has 0 unspecified atom stereocenters. The second-order valence-corrected chi connectivity index (χ2v) is 6.84. The average molecular weight is 453 g/mol. The van der Waals surface area contributed by atoms with Gasteiger partial charge in [-0.1, -0.05) is 12.1 Å². The van der Waals surface area contributed by atoms with Crippen LogP contribution in [0.3, 0.4) is 0 Å². The van der Waals surface area contributed by atoms with Gasteiger partial charge in [0.1, 0.15) is 17.9 Å². The van der Waals surface area contributed by atoms with Crippen molar-refractivity contribution in [2.45, 2.75) is 45.7 Å². The molecule has 0 fully saturated rings. The Balaban J connectivity index is 3.13. The summed E-state index contributed by atoms with van der Waals surface area (Å²) in [6.07, 6.45) is -0.581. The van der Waals surface area contributed by atoms with Gasteiger partial charge in [0.05, 0.1) is 25.6 Å². The first-order valence-electron chi connectivity index (χ1n) is 10.0. The van der Waals surface area contributed by atoms with Crippen molar-refractivity contribution in [3.8, 4) is 0 Å². The lowest BCUT2D eigenvalue weighted by atomic mass is 9.94. The van der Waals surface area contributed by atoms with Crippen molar-refractivity contribution in [2.75, 3.05) is 13.2 Å². The van der Waals surface area contributed by atoms with E-state index in [0.717, 1.165) is 0 Å². The fraction of sp³-hybridized carbons (Fsp3) is 0.476. The number of ether oxygens (including phenoxy) is 2. The van der Waals surface area contributed by atoms with Crippen molar-refractivity contribution in [3.05, 3.63) is 35.6 Å². The van der Waals surface area contributed by atoms with Crippen LogP contribution >= 0.6 is 0 Å². The van der Waals surface area contributed by atoms with Gasteiger partial charge in [-0.2, -0.15) is 0 Å². The van der Waals surface area contributed by atoms with E-state index < -0.39 is 59.9 Å². The van der Waals surface area contributed by atoms with Crippen LogP contribution in [0.4, 0.5) is 4.39 Å². The molecule has 11 heteroatoms. The Hall–Kier alpha value is -3.50. The number of primary amides is 1. The summed E-state index contributed by atoms with van der Waals surface area (Å²) in [6, 6.07) is 2.50. The van der Waals surface area contributed by atoms with Crippen LogP contribution in [0.25, 0.3) is 0 Å². The first-order valence-corrected chi connectivity index (χ1v) is 10.0. The molecule has 0 aliphatic heterocycles. The molecule has 176 valence electrons. The van der Waals surface area contributed by atoms with E-state index in [1.54, 1.807) is 6.92 Å². The Kier molecular flexibility index (Phi) is 10.8. The van der Waals surface area contributed by atoms with E-state index in [-0.39, 0.29) is 19.6 Å². The Morgan fingerprint density at radius 1 is 1.00 bits per heavy atom. The monoisotopic (exact) mass is 453 g/mol. The molecule has 0 bridgehead atoms. The predicted molar refractivity (Wildman–Crippen MR) is 110 cm³/mol. The zero-order chi connectivity index (χ0) is 24.3. The highest BCUT2D eigenvalue weighted by Gasteiger charge is 2.38. The molecule has 1 rings (SSSR count). The van der Waals surface area contributed by atoms with E-state index in [0.29, 0.717) is 5.56 Å². The number of esters is 2. The molecule has 0 saturated carbocycles. The molecule has 3 atom stereocenters. The van der Waals surface area contributed by atoms with Gasteiger partial charge >= 0.3 is 11.9 Å². The number of amides is 3. The van der Waals surface area contributed by atoms with Crippen LogP contribution in [0.2, 0.25) is 0 Å². The molecule has 0 spiro atoms. The Morgan fingerprint density at radius 3 is 2.09 bits per heavy atom. The number of carbonyl (C=O) groups is 5. The molecule has 0 saturated heterocycles. The van der Waals surface area contributed by atoms with Crippen molar-refractivity contribution in [2.24, 2.45) is 11.7 Å². The van der Waals surface area contributed by atoms with E-state index in [1.165, 1.54) is 38.1 Å². The standard InChI is InChI=1S/C21H28FN3O7/c1-4-31-17(27)11-15(21(30)32-5-2)18(19(23)28)25-20(29)16(24-12(3)26)10-13-6-8-14(22)9-7-13/h6-9,15-16,18H,4-5,10-11H2,1-3H3,(H2,23,28)(H,24,26)(H,25,29)/t15-,16-,18-/m0/s1. The number of nitrogens with one attached hydrogen (secondary N) is 2. The van der Waals surface area contributed by atoms with Crippen LogP contribution in [-0.2, 0) is 39.9 Å². The highest BCUT2D eigenvalue weighted by Crippen LogP contribution is 2.15. The van der Waals surface area contributed by atoms with E-state index in [9.17, 15) is 28.4 Å². The highest BCUT2D eigenvalue weighted by molar-refractivity contribution is 5.95. The smallest absolute Gasteiger partial charge is 0.312 e. The zero-order valence-electron chi connectivity index (χ0n) is 18.2. The summed E-state index contributed by atoms with van der Waals surface area (Å²) in [5.41, 5.74) is 5.93. The SMILES string of the molecule is CCOC(=O)C[C@H](C(=O)OCC)[C@H](NC(=O)[C@H](Cc1ccc(F)cc1)NC(C)=O)C(N)=O. The highest BCUT2D eigenvalue weighted by atomic mass is 19.1. The normalized spacial score (nSPS) is 13.2. The van der Waals surface area contributed by atoms with E-state index in [1.807, 2.05) is 0 Å². The van der Waals surface area contributed by atoms with Gasteiger partial charge in [-0.3, -0.25) is 24.0 Å². The van der Waals surface area contributed by atoms with Crippen LogP contribution in [0.1, 0.15) is 32.8 Å². The minimum absolute atomic E-state index is 0.0286. The van der Waals surface area contributed by atoms with Crippen molar-refractivity contribution in [3.63, 3.8) is 0 Å². The molecular formula is C21H28FN3O7. The van der Waals surface area contributed by atoms with E-state index >= 15 is 0 Å². The van der Waals surface area contributed by atoms with Gasteiger partial charge in [-0.05, 0) is 31.5 Å². The predicted octanol–water partition coefficient (Wildman–Crippen LogP) is -0.0245. The molecule has 0 heterocycles. The first-order chi connectivity index (χ1) is 15.1. The van der Waals surface area contributed by atoms with Gasteiger partial charge in [0, 0.05) is 13.3 Å². The van der Waals surface area contributed by atoms with Gasteiger partial charge < -0.3 is 25.8 Å². The van der Waals surface area contributed by atoms with Gasteiger partial charge in [-0.15, -0.1) is 0 Å². The third-order valence-electron chi connectivity index (χ3n) is 4.33. The summed E-state index contributed by atoms with van der Waals surface area (Å²) < 4.78 is 22.9. The molecule has 32 heavy (non-hydrogen) atoms. The summed E-state index contributed by atoms with van der Waals surface area (Å²) in [7, 11) is 0. The van der Waals surface area contributed by atoms with Gasteiger partial charge in [0.25, 0.3) is 0 Å². The quantitative estimate of drug-likeness (QED) is 0.376. The van der Waals surface area contributed by atoms with E-state index in [4.69, 9.17) is 15.2 Å². The fourth-order valence-corrected chi connectivity index (χ4v) is 2.92. The fourth-order valence-electron chi connectivity index (χ4n) is 2.92. The molecule has 4 N–H and O–H groups in total. The molecule has 0 aromatic heterocycles. The Morgan fingerprint density at radius 2 is 1.59 bits per heavy atom. The maximum Gasteiger partial charge on any atom is 0.312 e. The van der Waals surface area contributed by atoms with Gasteiger partial charge in [0.2, 0.25) is 17.7 Å². The van der Waals surface area contributed by atoms with Gasteiger partial charge in [-0.25, -0.2) is 4.39 Å². The molecule has 10 nitrogen and oxygen atoms in total. The third-order valence-corrected chi connectivity index (χ3v) is 4.33. The lowest BCUT2D eigenvalue weighted by Crippen LogP contribution is -2.57. The van der Waals surface area contributed by atoms with Gasteiger partial charge in [0.15, 0.2) is 0 Å². The number of nitrogens with two attached hydrogens (primary N) is 1. The molecule has 0 aliphatic carbocycles. The largest absolute Gasteiger partial charge is 0.466 e. The number of halogens is 1. The van der Waals surface area contributed by atoms with Crippen molar-refractivity contribution in [1.29, 1.82) is 0 Å². The zero-order valence-corrected chi connectivity index (χ0v) is 18.2. The second kappa shape index (κ2) is 13.0. The summed E-state index contributed by atoms with van der Waals surface area (Å²) in [5, 5.41) is 4.77. The minimum Gasteiger partial charge on any atom is -0.466 e. The molecule has 0 radical (unpaired) electrons. The summed E-state index contributed by atoms with van der Waals surface area (Å²) >= 11 is 0. The topological polar surface area (TPSA) is 154 Å². The lowest BCUT2D eigenvalue weighted by molar-refractivity contribution is -0.157. The minimum atomic E-state index is -1.60. The molecule has 3 amide bonds. The van der Waals surface area contributed by atoms with Crippen LogP contribution in [-0.4, -0.2) is 55.0 Å². The first kappa shape index (κ1) is 26.5. The number of hydrogen-bond donors (Lipinski definition) is 3. The Labute approximate surface area is 185 Å². The maximum atomic E-state index is 13.2. The van der Waals surface area contributed by atoms with Crippen LogP contribution in [0, 0.1) is 11.7 Å². The molecule has 1 aromatic rings. The van der Waals surface area contributed by atoms with Crippen molar-refractivity contribution < 1.29 is 37.8 Å². The Bertz CT molecular complexity index is 829. The number of hydrogen-bond acceptors (Lipinski definition) is 7. The number of carbonyl (C=O) groups excluding carboxylic acids is 5. The number of rotatable bonds is 12. The molecule has 0 aliphatic rings. The number of benzene rings is 1. The third kappa shape index (κ3) is 8.70. The average Bonchev–Trinajstić information content (AvgIpc) is 2.71. The van der Waals surface area contributed by atoms with Crippen LogP contribution in [0.5, 0.6) is 0 Å². The van der Waals surface area contributed by atoms with Crippen molar-refractivity contribution in [1.82, 2.24) is 10.6 Å². The summed E-state index contributed by atoms with van der Waals surface area (Å²) in [6.45, 7) is 4.31. The maximum absolute atomic E-state index is 13.2. The van der Waals surface area contributed by atoms with Crippen molar-refractivity contribution >= 4 is 29.7 Å². The molecule has 1 aromatic carbocycles. The summed E-state index contributed by atoms with van der Waals surface area (Å²) in [5.74, 6) is -6.04. The van der Waals surface area contributed by atoms with Crippen LogP contribution in [0.15, 0.2) is 24.3 Å². The summed E-state index contributed by atoms with van der Waals surface area (Å²) in [4.78, 5) is 60.9. The van der Waals surface area contributed by atoms with Crippen LogP contribution < -0.4 is 16.4 Å². The second-order valence-electron chi connectivity index (χ2n) is 6.84. The van der Waals surface area contributed by atoms with E-state index in [2.05, 4.69) is 10.6 Å².